The summed E-state index contributed by atoms with van der Waals surface area (Å²) in [6.07, 6.45) is 3.26. The van der Waals surface area contributed by atoms with Gasteiger partial charge >= 0.3 is 0 Å². The van der Waals surface area contributed by atoms with E-state index in [1.165, 1.54) is 5.39 Å². The van der Waals surface area contributed by atoms with Crippen LogP contribution in [0.25, 0.3) is 22.2 Å². The van der Waals surface area contributed by atoms with Crippen LogP contribution in [-0.4, -0.2) is 9.97 Å². The maximum Gasteiger partial charge on any atom is 0.0942 e. The maximum atomic E-state index is 8.58. The first-order chi connectivity index (χ1) is 8.88. The summed E-state index contributed by atoms with van der Waals surface area (Å²) in [5.41, 5.74) is 3.24. The molecule has 0 saturated carbocycles. The Morgan fingerprint density at radius 3 is 3.11 bits per heavy atom. The molecular formula is C14H11N3S. The van der Waals surface area contributed by atoms with E-state index in [1.807, 2.05) is 18.3 Å². The molecule has 0 spiro atoms. The maximum absolute atomic E-state index is 8.58. The second kappa shape index (κ2) is 4.63. The minimum atomic E-state index is 0.529. The number of aromatic nitrogens is 2. The summed E-state index contributed by atoms with van der Waals surface area (Å²) in [6, 6.07) is 10.3. The second-order valence-electron chi connectivity index (χ2n) is 4.03. The van der Waals surface area contributed by atoms with Crippen LogP contribution >= 0.6 is 11.3 Å². The molecule has 2 aromatic heterocycles. The van der Waals surface area contributed by atoms with Crippen molar-refractivity contribution < 1.29 is 0 Å². The van der Waals surface area contributed by atoms with Crippen LogP contribution in [0.1, 0.15) is 11.4 Å². The van der Waals surface area contributed by atoms with Crippen molar-refractivity contribution in [1.29, 1.82) is 5.26 Å². The average Bonchev–Trinajstić information content (AvgIpc) is 3.02. The topological polar surface area (TPSA) is 52.5 Å². The highest BCUT2D eigenvalue weighted by molar-refractivity contribution is 7.09. The molecule has 0 bridgehead atoms. The number of aryl methyl sites for hydroxylation is 1. The van der Waals surface area contributed by atoms with Crippen LogP contribution in [0, 0.1) is 11.3 Å². The lowest BCUT2D eigenvalue weighted by Gasteiger charge is -1.93. The van der Waals surface area contributed by atoms with Gasteiger partial charge in [-0.1, -0.05) is 18.2 Å². The quantitative estimate of drug-likeness (QED) is 0.773. The van der Waals surface area contributed by atoms with Crippen molar-refractivity contribution in [2.45, 2.75) is 12.8 Å². The van der Waals surface area contributed by atoms with Crippen molar-refractivity contribution in [2.75, 3.05) is 0 Å². The Balaban J connectivity index is 1.99. The van der Waals surface area contributed by atoms with E-state index in [4.69, 9.17) is 5.26 Å². The molecular weight excluding hydrogens is 242 g/mol. The monoisotopic (exact) mass is 253 g/mol. The summed E-state index contributed by atoms with van der Waals surface area (Å²) in [4.78, 5) is 7.84. The standard InChI is InChI=1S/C14H11N3S/c15-7-3-6-14-17-13(9-18-14)11-8-16-12-5-2-1-4-10(11)12/h1-2,4-5,8-9,16H,3,6H2. The molecule has 0 amide bonds. The highest BCUT2D eigenvalue weighted by Gasteiger charge is 2.09. The summed E-state index contributed by atoms with van der Waals surface area (Å²) in [7, 11) is 0. The van der Waals surface area contributed by atoms with Gasteiger partial charge in [-0.3, -0.25) is 0 Å². The molecule has 0 atom stereocenters. The smallest absolute Gasteiger partial charge is 0.0942 e. The highest BCUT2D eigenvalue weighted by atomic mass is 32.1. The van der Waals surface area contributed by atoms with Crippen LogP contribution in [-0.2, 0) is 6.42 Å². The number of benzene rings is 1. The zero-order chi connectivity index (χ0) is 12.4. The third-order valence-electron chi connectivity index (χ3n) is 2.87. The molecule has 0 saturated heterocycles. The Morgan fingerprint density at radius 2 is 2.22 bits per heavy atom. The van der Waals surface area contributed by atoms with Gasteiger partial charge < -0.3 is 4.98 Å². The predicted octanol–water partition coefficient (Wildman–Crippen LogP) is 3.75. The highest BCUT2D eigenvalue weighted by Crippen LogP contribution is 2.29. The van der Waals surface area contributed by atoms with Gasteiger partial charge in [-0.05, 0) is 6.07 Å². The van der Waals surface area contributed by atoms with Gasteiger partial charge in [-0.25, -0.2) is 4.98 Å². The largest absolute Gasteiger partial charge is 0.360 e. The van der Waals surface area contributed by atoms with Gasteiger partial charge in [0.05, 0.1) is 16.8 Å². The van der Waals surface area contributed by atoms with Gasteiger partial charge in [-0.15, -0.1) is 11.3 Å². The van der Waals surface area contributed by atoms with E-state index < -0.39 is 0 Å². The van der Waals surface area contributed by atoms with Gasteiger partial charge in [0.1, 0.15) is 0 Å². The number of H-pyrrole nitrogens is 1. The van der Waals surface area contributed by atoms with Crippen molar-refractivity contribution in [1.82, 2.24) is 9.97 Å². The second-order valence-corrected chi connectivity index (χ2v) is 4.98. The van der Waals surface area contributed by atoms with Crippen molar-refractivity contribution in [3.8, 4) is 17.3 Å². The molecule has 0 aliphatic heterocycles. The molecule has 1 N–H and O–H groups in total. The molecule has 0 unspecified atom stereocenters. The fourth-order valence-corrected chi connectivity index (χ4v) is 2.79. The summed E-state index contributed by atoms with van der Waals surface area (Å²) in [5, 5.41) is 12.9. The molecule has 3 rings (SSSR count). The number of hydrogen-bond donors (Lipinski definition) is 1. The molecule has 3 nitrogen and oxygen atoms in total. The number of aromatic amines is 1. The summed E-state index contributed by atoms with van der Waals surface area (Å²) in [5.74, 6) is 0. The van der Waals surface area contributed by atoms with E-state index in [1.54, 1.807) is 11.3 Å². The number of thiazole rings is 1. The minimum absolute atomic E-state index is 0.529. The molecule has 18 heavy (non-hydrogen) atoms. The molecule has 3 aromatic rings. The normalized spacial score (nSPS) is 10.6. The number of nitrogens with one attached hydrogen (secondary N) is 1. The molecule has 0 radical (unpaired) electrons. The number of nitrogens with zero attached hydrogens (tertiary/aromatic N) is 2. The van der Waals surface area contributed by atoms with Crippen LogP contribution < -0.4 is 0 Å². The third-order valence-corrected chi connectivity index (χ3v) is 3.78. The number of para-hydroxylation sites is 1. The number of nitriles is 1. The fourth-order valence-electron chi connectivity index (χ4n) is 2.00. The number of fused-ring (bicyclic) bond motifs is 1. The summed E-state index contributed by atoms with van der Waals surface area (Å²) < 4.78 is 0. The Bertz CT molecular complexity index is 718. The summed E-state index contributed by atoms with van der Waals surface area (Å²) >= 11 is 1.62. The van der Waals surface area contributed by atoms with Gasteiger partial charge in [0.15, 0.2) is 0 Å². The van der Waals surface area contributed by atoms with Gasteiger partial charge in [0.25, 0.3) is 0 Å². The lowest BCUT2D eigenvalue weighted by molar-refractivity contribution is 0.991. The molecule has 2 heterocycles. The van der Waals surface area contributed by atoms with Crippen molar-refractivity contribution in [2.24, 2.45) is 0 Å². The lowest BCUT2D eigenvalue weighted by atomic mass is 10.1. The molecule has 0 aliphatic carbocycles. The Kier molecular flexibility index (Phi) is 2.83. The van der Waals surface area contributed by atoms with Crippen molar-refractivity contribution >= 4 is 22.2 Å². The predicted molar refractivity (Wildman–Crippen MR) is 73.3 cm³/mol. The molecule has 0 fully saturated rings. The van der Waals surface area contributed by atoms with Crippen LogP contribution in [0.15, 0.2) is 35.8 Å². The van der Waals surface area contributed by atoms with E-state index in [0.29, 0.717) is 6.42 Å². The number of rotatable bonds is 3. The third kappa shape index (κ3) is 1.89. The first-order valence-electron chi connectivity index (χ1n) is 5.76. The first kappa shape index (κ1) is 11.0. The van der Waals surface area contributed by atoms with Crippen LogP contribution in [0.3, 0.4) is 0 Å². The Hall–Kier alpha value is -2.12. The van der Waals surface area contributed by atoms with E-state index in [9.17, 15) is 0 Å². The van der Waals surface area contributed by atoms with Crippen LogP contribution in [0.5, 0.6) is 0 Å². The SMILES string of the molecule is N#CCCc1nc(-c2c[nH]c3ccccc23)cs1. The van der Waals surface area contributed by atoms with E-state index in [0.717, 1.165) is 28.2 Å². The minimum Gasteiger partial charge on any atom is -0.360 e. The fraction of sp³-hybridized carbons (Fsp3) is 0.143. The van der Waals surface area contributed by atoms with Crippen LogP contribution in [0.4, 0.5) is 0 Å². The molecule has 0 aliphatic rings. The Morgan fingerprint density at radius 1 is 1.33 bits per heavy atom. The van der Waals surface area contributed by atoms with Crippen molar-refractivity contribution in [3.05, 3.63) is 40.8 Å². The van der Waals surface area contributed by atoms with Crippen LogP contribution in [0.2, 0.25) is 0 Å². The average molecular weight is 253 g/mol. The zero-order valence-electron chi connectivity index (χ0n) is 9.68. The van der Waals surface area contributed by atoms with E-state index in [2.05, 4.69) is 33.5 Å². The first-order valence-corrected chi connectivity index (χ1v) is 6.64. The molecule has 4 heteroatoms. The van der Waals surface area contributed by atoms with Gasteiger partial charge in [0, 0.05) is 40.9 Å². The molecule has 1 aromatic carbocycles. The lowest BCUT2D eigenvalue weighted by Crippen LogP contribution is -1.82. The zero-order valence-corrected chi connectivity index (χ0v) is 10.5. The summed E-state index contributed by atoms with van der Waals surface area (Å²) in [6.45, 7) is 0. The van der Waals surface area contributed by atoms with Crippen molar-refractivity contribution in [3.63, 3.8) is 0 Å². The Labute approximate surface area is 109 Å². The van der Waals surface area contributed by atoms with Gasteiger partial charge in [0.2, 0.25) is 0 Å². The van der Waals surface area contributed by atoms with E-state index in [-0.39, 0.29) is 0 Å². The molecule has 88 valence electrons. The number of hydrogen-bond acceptors (Lipinski definition) is 3. The van der Waals surface area contributed by atoms with E-state index >= 15 is 0 Å². The van der Waals surface area contributed by atoms with Gasteiger partial charge in [-0.2, -0.15) is 5.26 Å².